The molecule has 2 N–H and O–H groups in total. The summed E-state index contributed by atoms with van der Waals surface area (Å²) in [6, 6.07) is 13.3. The second-order valence-corrected chi connectivity index (χ2v) is 10.2. The number of likely N-dealkylation sites (tertiary alicyclic amines) is 1. The molecule has 0 unspecified atom stereocenters. The number of carbonyl (C=O) groups excluding carboxylic acids is 2. The zero-order chi connectivity index (χ0) is 25.2. The van der Waals surface area contributed by atoms with E-state index in [1.54, 1.807) is 20.8 Å². The number of carboxylic acids is 1. The molecular weight excluding hydrogens is 448 g/mol. The van der Waals surface area contributed by atoms with Crippen LogP contribution in [-0.2, 0) is 27.3 Å². The highest BCUT2D eigenvalue weighted by molar-refractivity contribution is 5.81. The lowest BCUT2D eigenvalue weighted by atomic mass is 10.0. The van der Waals surface area contributed by atoms with Gasteiger partial charge in [-0.3, -0.25) is 4.90 Å². The Bertz CT molecular complexity index is 1120. The summed E-state index contributed by atoms with van der Waals surface area (Å²) in [6.45, 7) is 6.05. The largest absolute Gasteiger partial charge is 0.480 e. The molecule has 0 saturated carbocycles. The van der Waals surface area contributed by atoms with E-state index in [-0.39, 0.29) is 19.1 Å². The van der Waals surface area contributed by atoms with Crippen LogP contribution in [0.1, 0.15) is 50.3 Å². The molecule has 2 aromatic carbocycles. The van der Waals surface area contributed by atoms with Crippen LogP contribution in [-0.4, -0.2) is 52.9 Å². The molecule has 2 aliphatic rings. The first-order valence-corrected chi connectivity index (χ1v) is 11.9. The lowest BCUT2D eigenvalue weighted by Crippen LogP contribution is -2.40. The smallest absolute Gasteiger partial charge is 0.410 e. The van der Waals surface area contributed by atoms with Gasteiger partial charge in [-0.1, -0.05) is 42.5 Å². The molecular formula is C27H32N2O6. The van der Waals surface area contributed by atoms with E-state index in [1.807, 2.05) is 24.3 Å². The molecule has 1 aliphatic heterocycles. The average Bonchev–Trinajstić information content (AvgIpc) is 3.38. The third-order valence-corrected chi connectivity index (χ3v) is 6.43. The lowest BCUT2D eigenvalue weighted by Gasteiger charge is -2.21. The van der Waals surface area contributed by atoms with E-state index >= 15 is 0 Å². The highest BCUT2D eigenvalue weighted by Gasteiger charge is 2.40. The highest BCUT2D eigenvalue weighted by Crippen LogP contribution is 2.38. The molecule has 2 aromatic rings. The molecule has 186 valence electrons. The van der Waals surface area contributed by atoms with Crippen LogP contribution in [0.5, 0.6) is 0 Å². The van der Waals surface area contributed by atoms with Gasteiger partial charge in [0.2, 0.25) is 0 Å². The minimum absolute atomic E-state index is 0.0611. The number of carbonyl (C=O) groups is 3. The highest BCUT2D eigenvalue weighted by atomic mass is 16.6. The van der Waals surface area contributed by atoms with E-state index in [4.69, 9.17) is 9.47 Å². The van der Waals surface area contributed by atoms with Gasteiger partial charge in [0, 0.05) is 13.1 Å². The normalized spacial score (nSPS) is 18.5. The summed E-state index contributed by atoms with van der Waals surface area (Å²) in [4.78, 5) is 37.8. The number of nitrogens with zero attached hydrogens (tertiary/aromatic N) is 1. The monoisotopic (exact) mass is 480 g/mol. The molecule has 35 heavy (non-hydrogen) atoms. The summed E-state index contributed by atoms with van der Waals surface area (Å²) in [6.07, 6.45) is 0.494. The third kappa shape index (κ3) is 5.75. The fourth-order valence-electron chi connectivity index (χ4n) is 4.84. The summed E-state index contributed by atoms with van der Waals surface area (Å²) in [5, 5.41) is 12.4. The van der Waals surface area contributed by atoms with E-state index in [0.717, 1.165) is 23.1 Å². The van der Waals surface area contributed by atoms with Crippen molar-refractivity contribution in [3.8, 4) is 11.1 Å². The summed E-state index contributed by atoms with van der Waals surface area (Å²) < 4.78 is 10.8. The molecule has 2 atom stereocenters. The van der Waals surface area contributed by atoms with Crippen molar-refractivity contribution < 1.29 is 29.0 Å². The Kier molecular flexibility index (Phi) is 7.00. The number of rotatable bonds is 6. The molecule has 0 aromatic heterocycles. The third-order valence-electron chi connectivity index (χ3n) is 6.43. The number of alkyl carbamates (subject to hydrolysis) is 1. The van der Waals surface area contributed by atoms with Gasteiger partial charge >= 0.3 is 18.2 Å². The van der Waals surface area contributed by atoms with Crippen LogP contribution < -0.4 is 5.32 Å². The van der Waals surface area contributed by atoms with Gasteiger partial charge in [-0.15, -0.1) is 0 Å². The maximum Gasteiger partial charge on any atom is 0.410 e. The fourth-order valence-corrected chi connectivity index (χ4v) is 4.84. The van der Waals surface area contributed by atoms with Gasteiger partial charge in [0.1, 0.15) is 18.2 Å². The lowest BCUT2D eigenvalue weighted by molar-refractivity contribution is -0.141. The van der Waals surface area contributed by atoms with Crippen LogP contribution in [0.15, 0.2) is 42.5 Å². The topological polar surface area (TPSA) is 105 Å². The number of aliphatic carboxylic acids is 1. The van der Waals surface area contributed by atoms with Crippen LogP contribution in [0.4, 0.5) is 9.59 Å². The zero-order valence-electron chi connectivity index (χ0n) is 20.4. The molecule has 1 saturated heterocycles. The van der Waals surface area contributed by atoms with Crippen molar-refractivity contribution in [1.82, 2.24) is 10.2 Å². The van der Waals surface area contributed by atoms with E-state index in [1.165, 1.54) is 16.0 Å². The van der Waals surface area contributed by atoms with Crippen LogP contribution in [0.3, 0.4) is 0 Å². The molecule has 0 spiro atoms. The maximum absolute atomic E-state index is 12.9. The van der Waals surface area contributed by atoms with Crippen LogP contribution in [0.2, 0.25) is 0 Å². The quantitative estimate of drug-likeness (QED) is 0.535. The van der Waals surface area contributed by atoms with Crippen LogP contribution in [0.25, 0.3) is 11.1 Å². The predicted octanol–water partition coefficient (Wildman–Crippen LogP) is 4.58. The summed E-state index contributed by atoms with van der Waals surface area (Å²) in [5.74, 6) is -1.12. The Morgan fingerprint density at radius 2 is 1.83 bits per heavy atom. The van der Waals surface area contributed by atoms with Crippen molar-refractivity contribution in [3.63, 3.8) is 0 Å². The average molecular weight is 481 g/mol. The molecule has 1 fully saturated rings. The summed E-state index contributed by atoms with van der Waals surface area (Å²) >= 11 is 0. The number of ether oxygens (including phenoxy) is 2. The van der Waals surface area contributed by atoms with Crippen molar-refractivity contribution in [1.29, 1.82) is 0 Å². The first kappa shape index (κ1) is 24.6. The molecule has 8 nitrogen and oxygen atoms in total. The van der Waals surface area contributed by atoms with Crippen molar-refractivity contribution in [2.45, 2.75) is 58.3 Å². The van der Waals surface area contributed by atoms with Crippen molar-refractivity contribution >= 4 is 18.2 Å². The maximum atomic E-state index is 12.9. The molecule has 1 aliphatic carbocycles. The Hall–Kier alpha value is -3.55. The Balaban J connectivity index is 1.33. The predicted molar refractivity (Wildman–Crippen MR) is 130 cm³/mol. The summed E-state index contributed by atoms with van der Waals surface area (Å²) in [5.41, 5.74) is 5.07. The number of hydrogen-bond donors (Lipinski definition) is 2. The number of hydrogen-bond acceptors (Lipinski definition) is 5. The van der Waals surface area contributed by atoms with Gasteiger partial charge in [-0.2, -0.15) is 0 Å². The van der Waals surface area contributed by atoms with Crippen LogP contribution in [0, 0.1) is 5.92 Å². The van der Waals surface area contributed by atoms with Gasteiger partial charge < -0.3 is 19.9 Å². The first-order valence-electron chi connectivity index (χ1n) is 11.9. The van der Waals surface area contributed by atoms with Crippen molar-refractivity contribution in [3.05, 3.63) is 59.2 Å². The second-order valence-electron chi connectivity index (χ2n) is 10.2. The number of nitrogens with one attached hydrogen (secondary N) is 1. The zero-order valence-corrected chi connectivity index (χ0v) is 20.4. The SMILES string of the molecule is CC(C)(C)OC(=O)NCC[C@H]1C[C@@H](C(=O)O)N(C(=O)OCc2cccc3c2Cc2ccccc2-3)C1. The standard InChI is InChI=1S/C27H32N2O6/c1-27(2,3)35-25(32)28-12-11-17-13-23(24(30)31)29(15-17)26(33)34-16-19-8-6-10-21-20-9-5-4-7-18(20)14-22(19)21/h4-10,17,23H,11-16H2,1-3H3,(H,28,32)(H,30,31)/t17-,23-/m0/s1. The number of amides is 2. The minimum Gasteiger partial charge on any atom is -0.480 e. The molecule has 4 rings (SSSR count). The Labute approximate surface area is 205 Å². The van der Waals surface area contributed by atoms with E-state index in [2.05, 4.69) is 23.5 Å². The number of fused-ring (bicyclic) bond motifs is 3. The molecule has 0 bridgehead atoms. The Morgan fingerprint density at radius 1 is 1.09 bits per heavy atom. The van der Waals surface area contributed by atoms with Gasteiger partial charge in [0.25, 0.3) is 0 Å². The summed E-state index contributed by atoms with van der Waals surface area (Å²) in [7, 11) is 0. The molecule has 1 heterocycles. The second kappa shape index (κ2) is 9.98. The minimum atomic E-state index is -1.05. The Morgan fingerprint density at radius 3 is 2.57 bits per heavy atom. The molecule has 8 heteroatoms. The van der Waals surface area contributed by atoms with Crippen molar-refractivity contribution in [2.75, 3.05) is 13.1 Å². The molecule has 2 amide bonds. The van der Waals surface area contributed by atoms with Crippen molar-refractivity contribution in [2.24, 2.45) is 5.92 Å². The van der Waals surface area contributed by atoms with E-state index in [9.17, 15) is 19.5 Å². The molecule has 0 radical (unpaired) electrons. The van der Waals surface area contributed by atoms with Gasteiger partial charge in [0.05, 0.1) is 0 Å². The number of carboxylic acid groups (broad SMARTS) is 1. The number of benzene rings is 2. The van der Waals surface area contributed by atoms with E-state index in [0.29, 0.717) is 19.4 Å². The van der Waals surface area contributed by atoms with Gasteiger partial charge in [0.15, 0.2) is 0 Å². The fraction of sp³-hybridized carbons (Fsp3) is 0.444. The van der Waals surface area contributed by atoms with Gasteiger partial charge in [-0.25, -0.2) is 14.4 Å². The first-order chi connectivity index (χ1) is 16.6. The van der Waals surface area contributed by atoms with Gasteiger partial charge in [-0.05, 0) is 73.8 Å². The van der Waals surface area contributed by atoms with E-state index < -0.39 is 29.8 Å². The van der Waals surface area contributed by atoms with Crippen LogP contribution >= 0.6 is 0 Å².